The van der Waals surface area contributed by atoms with Gasteiger partial charge in [0.2, 0.25) is 5.91 Å². The summed E-state index contributed by atoms with van der Waals surface area (Å²) in [5.74, 6) is 0.321. The van der Waals surface area contributed by atoms with Crippen LogP contribution >= 0.6 is 0 Å². The largest absolute Gasteiger partial charge is 0.494 e. The van der Waals surface area contributed by atoms with Crippen LogP contribution in [0.4, 0.5) is 4.39 Å². The van der Waals surface area contributed by atoms with Crippen LogP contribution in [0.1, 0.15) is 38.3 Å². The summed E-state index contributed by atoms with van der Waals surface area (Å²) < 4.78 is 18.6. The topological polar surface area (TPSA) is 50.4 Å². The molecule has 5 heteroatoms. The highest BCUT2D eigenvalue weighted by atomic mass is 19.1. The van der Waals surface area contributed by atoms with Crippen molar-refractivity contribution < 1.29 is 13.9 Å². The molecule has 0 spiro atoms. The summed E-state index contributed by atoms with van der Waals surface area (Å²) in [6, 6.07) is 4.36. The van der Waals surface area contributed by atoms with Crippen LogP contribution in [0.2, 0.25) is 0 Å². The zero-order valence-electron chi connectivity index (χ0n) is 12.8. The molecule has 3 unspecified atom stereocenters. The summed E-state index contributed by atoms with van der Waals surface area (Å²) in [6.07, 6.45) is 1.94. The summed E-state index contributed by atoms with van der Waals surface area (Å²) in [5, 5.41) is 6.17. The summed E-state index contributed by atoms with van der Waals surface area (Å²) in [7, 11) is 1.43. The van der Waals surface area contributed by atoms with Crippen molar-refractivity contribution in [3.8, 4) is 5.75 Å². The third-order valence-corrected chi connectivity index (χ3v) is 4.02. The number of rotatable bonds is 4. The van der Waals surface area contributed by atoms with Gasteiger partial charge in [0.05, 0.1) is 19.2 Å². The van der Waals surface area contributed by atoms with E-state index in [0.717, 1.165) is 24.9 Å². The number of amides is 1. The van der Waals surface area contributed by atoms with Crippen LogP contribution < -0.4 is 15.4 Å². The number of hydrogen-bond acceptors (Lipinski definition) is 3. The van der Waals surface area contributed by atoms with Gasteiger partial charge in [0, 0.05) is 0 Å². The van der Waals surface area contributed by atoms with Gasteiger partial charge in [-0.05, 0) is 49.9 Å². The molecule has 1 aliphatic heterocycles. The van der Waals surface area contributed by atoms with Crippen LogP contribution in [0, 0.1) is 11.7 Å². The minimum absolute atomic E-state index is 0.0229. The Hall–Kier alpha value is -1.62. The zero-order chi connectivity index (χ0) is 15.4. The second-order valence-corrected chi connectivity index (χ2v) is 5.76. The molecule has 116 valence electrons. The van der Waals surface area contributed by atoms with Crippen molar-refractivity contribution >= 4 is 5.91 Å². The van der Waals surface area contributed by atoms with Gasteiger partial charge in [-0.3, -0.25) is 4.79 Å². The summed E-state index contributed by atoms with van der Waals surface area (Å²) in [4.78, 5) is 12.2. The zero-order valence-corrected chi connectivity index (χ0v) is 12.8. The van der Waals surface area contributed by atoms with E-state index < -0.39 is 5.82 Å². The van der Waals surface area contributed by atoms with Crippen LogP contribution in [0.3, 0.4) is 0 Å². The molecule has 0 aliphatic carbocycles. The molecule has 1 aliphatic rings. The predicted molar refractivity (Wildman–Crippen MR) is 79.7 cm³/mol. The molecule has 1 amide bonds. The molecule has 3 atom stereocenters. The van der Waals surface area contributed by atoms with Crippen molar-refractivity contribution in [1.29, 1.82) is 0 Å². The van der Waals surface area contributed by atoms with E-state index in [1.165, 1.54) is 13.2 Å². The molecule has 4 nitrogen and oxygen atoms in total. The third-order valence-electron chi connectivity index (χ3n) is 4.02. The average molecular weight is 294 g/mol. The number of halogens is 1. The Balaban J connectivity index is 1.98. The number of carbonyl (C=O) groups is 1. The number of carbonyl (C=O) groups excluding carboxylic acids is 1. The molecule has 0 saturated carbocycles. The molecule has 2 rings (SSSR count). The van der Waals surface area contributed by atoms with Crippen LogP contribution in [0.15, 0.2) is 18.2 Å². The first-order chi connectivity index (χ1) is 10.0. The Kier molecular flexibility index (Phi) is 5.17. The maximum absolute atomic E-state index is 13.7. The number of ether oxygens (including phenoxy) is 1. The van der Waals surface area contributed by atoms with Crippen molar-refractivity contribution in [2.75, 3.05) is 13.7 Å². The van der Waals surface area contributed by atoms with Crippen molar-refractivity contribution in [3.05, 3.63) is 29.6 Å². The number of piperidine rings is 1. The second kappa shape index (κ2) is 6.89. The lowest BCUT2D eigenvalue weighted by molar-refractivity contribution is -0.124. The summed E-state index contributed by atoms with van der Waals surface area (Å²) in [6.45, 7) is 4.87. The highest BCUT2D eigenvalue weighted by Crippen LogP contribution is 2.22. The maximum atomic E-state index is 13.7. The lowest BCUT2D eigenvalue weighted by Crippen LogP contribution is -2.48. The van der Waals surface area contributed by atoms with E-state index in [1.807, 2.05) is 6.92 Å². The van der Waals surface area contributed by atoms with E-state index in [9.17, 15) is 9.18 Å². The predicted octanol–water partition coefficient (Wildman–Crippen LogP) is 2.40. The van der Waals surface area contributed by atoms with Crippen LogP contribution in [0.5, 0.6) is 5.75 Å². The average Bonchev–Trinajstić information content (AvgIpc) is 2.47. The van der Waals surface area contributed by atoms with Gasteiger partial charge in [-0.25, -0.2) is 4.39 Å². The molecule has 1 aromatic rings. The van der Waals surface area contributed by atoms with Crippen LogP contribution in [0.25, 0.3) is 0 Å². The molecule has 1 aromatic carbocycles. The van der Waals surface area contributed by atoms with E-state index in [-0.39, 0.29) is 23.7 Å². The van der Waals surface area contributed by atoms with Gasteiger partial charge in [0.25, 0.3) is 0 Å². The quantitative estimate of drug-likeness (QED) is 0.896. The molecule has 1 fully saturated rings. The Morgan fingerprint density at radius 3 is 2.90 bits per heavy atom. The monoisotopic (exact) mass is 294 g/mol. The van der Waals surface area contributed by atoms with Gasteiger partial charge in [0.15, 0.2) is 11.6 Å². The molecule has 1 heterocycles. The Morgan fingerprint density at radius 1 is 1.52 bits per heavy atom. The first kappa shape index (κ1) is 15.8. The van der Waals surface area contributed by atoms with Gasteiger partial charge in [-0.1, -0.05) is 13.0 Å². The van der Waals surface area contributed by atoms with Crippen molar-refractivity contribution in [3.63, 3.8) is 0 Å². The minimum atomic E-state index is -0.416. The highest BCUT2D eigenvalue weighted by Gasteiger charge is 2.25. The standard InChI is InChI=1S/C16H23FN2O2/c1-10-6-7-18-14(8-10)16(20)19-11(2)12-4-5-15(21-3)13(17)9-12/h4-5,9-11,14,18H,6-8H2,1-3H3,(H,19,20). The molecule has 21 heavy (non-hydrogen) atoms. The molecule has 0 aromatic heterocycles. The first-order valence-corrected chi connectivity index (χ1v) is 7.38. The van der Waals surface area contributed by atoms with E-state index >= 15 is 0 Å². The minimum Gasteiger partial charge on any atom is -0.494 e. The molecule has 0 radical (unpaired) electrons. The first-order valence-electron chi connectivity index (χ1n) is 7.38. The molecular weight excluding hydrogens is 271 g/mol. The summed E-state index contributed by atoms with van der Waals surface area (Å²) >= 11 is 0. The normalized spacial score (nSPS) is 23.4. The number of benzene rings is 1. The SMILES string of the molecule is COc1ccc(C(C)NC(=O)C2CC(C)CCN2)cc1F. The lowest BCUT2D eigenvalue weighted by Gasteiger charge is -2.28. The van der Waals surface area contributed by atoms with Gasteiger partial charge >= 0.3 is 0 Å². The number of methoxy groups -OCH3 is 1. The van der Waals surface area contributed by atoms with E-state index in [2.05, 4.69) is 17.6 Å². The maximum Gasteiger partial charge on any atom is 0.237 e. The van der Waals surface area contributed by atoms with Crippen molar-refractivity contribution in [2.45, 2.75) is 38.8 Å². The van der Waals surface area contributed by atoms with E-state index in [4.69, 9.17) is 4.74 Å². The molecular formula is C16H23FN2O2. The van der Waals surface area contributed by atoms with Gasteiger partial charge in [-0.2, -0.15) is 0 Å². The highest BCUT2D eigenvalue weighted by molar-refractivity contribution is 5.82. The van der Waals surface area contributed by atoms with Crippen LogP contribution in [-0.2, 0) is 4.79 Å². The van der Waals surface area contributed by atoms with Gasteiger partial charge in [0.1, 0.15) is 0 Å². The van der Waals surface area contributed by atoms with E-state index in [1.54, 1.807) is 12.1 Å². The Labute approximate surface area is 125 Å². The lowest BCUT2D eigenvalue weighted by atomic mass is 9.93. The third kappa shape index (κ3) is 3.94. The van der Waals surface area contributed by atoms with E-state index in [0.29, 0.717) is 5.92 Å². The van der Waals surface area contributed by atoms with Crippen molar-refractivity contribution in [1.82, 2.24) is 10.6 Å². The fourth-order valence-corrected chi connectivity index (χ4v) is 2.66. The second-order valence-electron chi connectivity index (χ2n) is 5.76. The number of nitrogens with one attached hydrogen (secondary N) is 2. The molecule has 0 bridgehead atoms. The van der Waals surface area contributed by atoms with Crippen LogP contribution in [-0.4, -0.2) is 25.6 Å². The summed E-state index contributed by atoms with van der Waals surface area (Å²) in [5.41, 5.74) is 0.727. The van der Waals surface area contributed by atoms with Gasteiger partial charge < -0.3 is 15.4 Å². The Bertz CT molecular complexity index is 507. The Morgan fingerprint density at radius 2 is 2.29 bits per heavy atom. The number of hydrogen-bond donors (Lipinski definition) is 2. The van der Waals surface area contributed by atoms with Crippen molar-refractivity contribution in [2.24, 2.45) is 5.92 Å². The molecule has 2 N–H and O–H groups in total. The smallest absolute Gasteiger partial charge is 0.237 e. The fraction of sp³-hybridized carbons (Fsp3) is 0.562. The molecule has 1 saturated heterocycles. The fourth-order valence-electron chi connectivity index (χ4n) is 2.66. The van der Waals surface area contributed by atoms with Gasteiger partial charge in [-0.15, -0.1) is 0 Å².